The monoisotopic (exact) mass is 252 g/mol. The number of nitrogens with zero attached hydrogens (tertiary/aromatic N) is 1. The van der Waals surface area contributed by atoms with Gasteiger partial charge < -0.3 is 10.2 Å². The van der Waals surface area contributed by atoms with Gasteiger partial charge in [0, 0.05) is 19.1 Å². The Kier molecular flexibility index (Phi) is 3.55. The molecule has 2 saturated carbocycles. The van der Waals surface area contributed by atoms with Crippen LogP contribution in [0.1, 0.15) is 51.4 Å². The SMILES string of the molecule is S=C(NC1CC2CCC1C2)N1CCCCCC1. The normalized spacial score (nSPS) is 36.9. The van der Waals surface area contributed by atoms with Gasteiger partial charge in [-0.3, -0.25) is 0 Å². The molecule has 3 atom stereocenters. The van der Waals surface area contributed by atoms with Crippen LogP contribution in [0.4, 0.5) is 0 Å². The molecule has 3 rings (SSSR count). The van der Waals surface area contributed by atoms with Gasteiger partial charge in [-0.25, -0.2) is 0 Å². The van der Waals surface area contributed by atoms with Crippen LogP contribution in [0, 0.1) is 11.8 Å². The number of rotatable bonds is 1. The molecule has 2 bridgehead atoms. The second-order valence-electron chi connectivity index (χ2n) is 6.13. The van der Waals surface area contributed by atoms with E-state index in [1.807, 2.05) is 0 Å². The largest absolute Gasteiger partial charge is 0.360 e. The second-order valence-corrected chi connectivity index (χ2v) is 6.52. The minimum absolute atomic E-state index is 0.699. The highest BCUT2D eigenvalue weighted by Crippen LogP contribution is 2.44. The summed E-state index contributed by atoms with van der Waals surface area (Å²) in [6.07, 6.45) is 11.1. The average molecular weight is 252 g/mol. The zero-order chi connectivity index (χ0) is 11.7. The topological polar surface area (TPSA) is 15.3 Å². The van der Waals surface area contributed by atoms with E-state index in [1.165, 1.54) is 64.5 Å². The van der Waals surface area contributed by atoms with Gasteiger partial charge in [0.2, 0.25) is 0 Å². The van der Waals surface area contributed by atoms with Crippen molar-refractivity contribution >= 4 is 17.3 Å². The van der Waals surface area contributed by atoms with Crippen molar-refractivity contribution in [2.24, 2.45) is 11.8 Å². The van der Waals surface area contributed by atoms with Gasteiger partial charge in [0.1, 0.15) is 0 Å². The molecule has 0 amide bonds. The molecule has 3 unspecified atom stereocenters. The Balaban J connectivity index is 1.52. The minimum Gasteiger partial charge on any atom is -0.360 e. The molecule has 1 N–H and O–H groups in total. The van der Waals surface area contributed by atoms with Crippen LogP contribution >= 0.6 is 12.2 Å². The first-order chi connectivity index (χ1) is 8.33. The predicted octanol–water partition coefficient (Wildman–Crippen LogP) is 2.93. The van der Waals surface area contributed by atoms with E-state index in [-0.39, 0.29) is 0 Å². The molecule has 1 aliphatic heterocycles. The van der Waals surface area contributed by atoms with Gasteiger partial charge in [-0.1, -0.05) is 19.3 Å². The van der Waals surface area contributed by atoms with Gasteiger partial charge in [0.25, 0.3) is 0 Å². The van der Waals surface area contributed by atoms with E-state index in [0.717, 1.165) is 16.9 Å². The van der Waals surface area contributed by atoms with Crippen molar-refractivity contribution in [3.63, 3.8) is 0 Å². The maximum Gasteiger partial charge on any atom is 0.169 e. The summed E-state index contributed by atoms with van der Waals surface area (Å²) in [6.45, 7) is 2.35. The maximum atomic E-state index is 5.60. The van der Waals surface area contributed by atoms with Crippen LogP contribution in [-0.4, -0.2) is 29.1 Å². The quantitative estimate of drug-likeness (QED) is 0.722. The second kappa shape index (κ2) is 5.13. The molecule has 0 spiro atoms. The number of hydrogen-bond donors (Lipinski definition) is 1. The number of fused-ring (bicyclic) bond motifs is 2. The molecule has 1 saturated heterocycles. The van der Waals surface area contributed by atoms with E-state index in [0.29, 0.717) is 6.04 Å². The summed E-state index contributed by atoms with van der Waals surface area (Å²) in [5.41, 5.74) is 0. The highest BCUT2D eigenvalue weighted by Gasteiger charge is 2.39. The molecule has 3 aliphatic rings. The van der Waals surface area contributed by atoms with Gasteiger partial charge >= 0.3 is 0 Å². The summed E-state index contributed by atoms with van der Waals surface area (Å²) < 4.78 is 0. The summed E-state index contributed by atoms with van der Waals surface area (Å²) in [6, 6.07) is 0.699. The molecule has 17 heavy (non-hydrogen) atoms. The lowest BCUT2D eigenvalue weighted by atomic mass is 9.95. The van der Waals surface area contributed by atoms with Crippen LogP contribution in [-0.2, 0) is 0 Å². The maximum absolute atomic E-state index is 5.60. The Labute approximate surface area is 110 Å². The third kappa shape index (κ3) is 2.59. The fraction of sp³-hybridized carbons (Fsp3) is 0.929. The van der Waals surface area contributed by atoms with Crippen LogP contribution in [0.2, 0.25) is 0 Å². The van der Waals surface area contributed by atoms with Crippen LogP contribution in [0.3, 0.4) is 0 Å². The van der Waals surface area contributed by atoms with Crippen LogP contribution in [0.15, 0.2) is 0 Å². The number of thiocarbonyl (C=S) groups is 1. The van der Waals surface area contributed by atoms with E-state index < -0.39 is 0 Å². The first-order valence-corrected chi connectivity index (χ1v) is 7.79. The van der Waals surface area contributed by atoms with Crippen molar-refractivity contribution in [1.82, 2.24) is 10.2 Å². The summed E-state index contributed by atoms with van der Waals surface area (Å²) in [4.78, 5) is 2.41. The Morgan fingerprint density at radius 2 is 1.76 bits per heavy atom. The number of likely N-dealkylation sites (tertiary alicyclic amines) is 1. The lowest BCUT2D eigenvalue weighted by molar-refractivity contribution is 0.362. The molecule has 96 valence electrons. The molecule has 3 heteroatoms. The Morgan fingerprint density at radius 3 is 2.35 bits per heavy atom. The summed E-state index contributed by atoms with van der Waals surface area (Å²) in [7, 11) is 0. The summed E-state index contributed by atoms with van der Waals surface area (Å²) >= 11 is 5.60. The molecule has 3 fully saturated rings. The van der Waals surface area contributed by atoms with Crippen molar-refractivity contribution in [3.05, 3.63) is 0 Å². The van der Waals surface area contributed by atoms with Gasteiger partial charge in [0.05, 0.1) is 0 Å². The van der Waals surface area contributed by atoms with Crippen molar-refractivity contribution in [1.29, 1.82) is 0 Å². The predicted molar refractivity (Wildman–Crippen MR) is 75.0 cm³/mol. The zero-order valence-corrected chi connectivity index (χ0v) is 11.5. The fourth-order valence-corrected chi connectivity index (χ4v) is 4.28. The zero-order valence-electron chi connectivity index (χ0n) is 10.7. The molecule has 2 aliphatic carbocycles. The van der Waals surface area contributed by atoms with Crippen molar-refractivity contribution in [3.8, 4) is 0 Å². The molecule has 0 aromatic rings. The van der Waals surface area contributed by atoms with E-state index in [2.05, 4.69) is 10.2 Å². The Bertz CT molecular complexity index is 284. The third-order valence-electron chi connectivity index (χ3n) is 4.94. The molecule has 2 nitrogen and oxygen atoms in total. The number of hydrogen-bond acceptors (Lipinski definition) is 1. The highest BCUT2D eigenvalue weighted by molar-refractivity contribution is 7.80. The van der Waals surface area contributed by atoms with E-state index in [1.54, 1.807) is 0 Å². The molecule has 1 heterocycles. The van der Waals surface area contributed by atoms with Crippen LogP contribution < -0.4 is 5.32 Å². The van der Waals surface area contributed by atoms with Gasteiger partial charge in [-0.2, -0.15) is 0 Å². The van der Waals surface area contributed by atoms with Crippen LogP contribution in [0.25, 0.3) is 0 Å². The van der Waals surface area contributed by atoms with E-state index in [4.69, 9.17) is 12.2 Å². The van der Waals surface area contributed by atoms with Gasteiger partial charge in [0.15, 0.2) is 5.11 Å². The fourth-order valence-electron chi connectivity index (χ4n) is 3.95. The number of nitrogens with one attached hydrogen (secondary N) is 1. The van der Waals surface area contributed by atoms with E-state index in [9.17, 15) is 0 Å². The van der Waals surface area contributed by atoms with Crippen molar-refractivity contribution in [2.75, 3.05) is 13.1 Å². The third-order valence-corrected chi connectivity index (χ3v) is 5.32. The van der Waals surface area contributed by atoms with E-state index >= 15 is 0 Å². The van der Waals surface area contributed by atoms with Gasteiger partial charge in [-0.05, 0) is 56.2 Å². The standard InChI is InChI=1S/C14H24N2S/c17-14(16-7-3-1-2-4-8-16)15-13-10-11-5-6-12(13)9-11/h11-13H,1-10H2,(H,15,17). The van der Waals surface area contributed by atoms with Gasteiger partial charge in [-0.15, -0.1) is 0 Å². The first kappa shape index (κ1) is 11.8. The molecule has 0 aromatic carbocycles. The molecule has 0 radical (unpaired) electrons. The lowest BCUT2D eigenvalue weighted by Gasteiger charge is -2.30. The minimum atomic E-state index is 0.699. The smallest absolute Gasteiger partial charge is 0.169 e. The average Bonchev–Trinajstić information content (AvgIpc) is 2.82. The highest BCUT2D eigenvalue weighted by atomic mass is 32.1. The van der Waals surface area contributed by atoms with Crippen molar-refractivity contribution < 1.29 is 0 Å². The van der Waals surface area contributed by atoms with Crippen molar-refractivity contribution in [2.45, 2.75) is 57.4 Å². The summed E-state index contributed by atoms with van der Waals surface area (Å²) in [5.74, 6) is 1.93. The summed E-state index contributed by atoms with van der Waals surface area (Å²) in [5, 5.41) is 4.71. The first-order valence-electron chi connectivity index (χ1n) is 7.38. The Hall–Kier alpha value is -0.310. The Morgan fingerprint density at radius 1 is 1.00 bits per heavy atom. The molecular formula is C14H24N2S. The van der Waals surface area contributed by atoms with Crippen LogP contribution in [0.5, 0.6) is 0 Å². The molecule has 0 aromatic heterocycles. The lowest BCUT2D eigenvalue weighted by Crippen LogP contribution is -2.46. The molecular weight excluding hydrogens is 228 g/mol.